The van der Waals surface area contributed by atoms with Gasteiger partial charge in [0, 0.05) is 11.7 Å². The molecule has 0 aliphatic carbocycles. The monoisotopic (exact) mass is 267 g/mol. The van der Waals surface area contributed by atoms with Crippen LogP contribution in [0.5, 0.6) is 0 Å². The van der Waals surface area contributed by atoms with E-state index in [0.717, 1.165) is 5.69 Å². The van der Waals surface area contributed by atoms with Crippen LogP contribution in [0.4, 0.5) is 5.69 Å². The molecular formula is C14H21NO2S. The van der Waals surface area contributed by atoms with Crippen molar-refractivity contribution in [3.63, 3.8) is 0 Å². The highest BCUT2D eigenvalue weighted by molar-refractivity contribution is 7.91. The lowest BCUT2D eigenvalue weighted by Crippen LogP contribution is -2.22. The average molecular weight is 267 g/mol. The summed E-state index contributed by atoms with van der Waals surface area (Å²) in [6.45, 7) is 6.38. The molecule has 1 unspecified atom stereocenters. The molecule has 1 fully saturated rings. The molecule has 1 aliphatic heterocycles. The quantitative estimate of drug-likeness (QED) is 0.916. The van der Waals surface area contributed by atoms with E-state index in [-0.39, 0.29) is 11.8 Å². The molecule has 0 aromatic heterocycles. The number of para-hydroxylation sites is 1. The van der Waals surface area contributed by atoms with E-state index in [1.807, 2.05) is 0 Å². The molecule has 0 radical (unpaired) electrons. The van der Waals surface area contributed by atoms with Crippen molar-refractivity contribution >= 4 is 15.5 Å². The van der Waals surface area contributed by atoms with Crippen molar-refractivity contribution in [2.45, 2.75) is 39.2 Å². The summed E-state index contributed by atoms with van der Waals surface area (Å²) in [7, 11) is -2.82. The van der Waals surface area contributed by atoms with Gasteiger partial charge in [0.25, 0.3) is 0 Å². The first-order valence-electron chi connectivity index (χ1n) is 6.45. The van der Waals surface area contributed by atoms with Crippen molar-refractivity contribution in [3.05, 3.63) is 29.3 Å². The maximum atomic E-state index is 11.5. The van der Waals surface area contributed by atoms with E-state index in [1.165, 1.54) is 11.1 Å². The number of nitrogens with one attached hydrogen (secondary N) is 1. The fraction of sp³-hybridized carbons (Fsp3) is 0.571. The molecule has 0 spiro atoms. The number of rotatable bonds is 3. The lowest BCUT2D eigenvalue weighted by molar-refractivity contribution is 0.602. The van der Waals surface area contributed by atoms with Crippen LogP contribution in [-0.2, 0) is 9.84 Å². The highest BCUT2D eigenvalue weighted by Gasteiger charge is 2.28. The lowest BCUT2D eigenvalue weighted by Gasteiger charge is -2.20. The Morgan fingerprint density at radius 3 is 2.61 bits per heavy atom. The van der Waals surface area contributed by atoms with E-state index in [1.54, 1.807) is 0 Å². The predicted octanol–water partition coefficient (Wildman–Crippen LogP) is 2.72. The van der Waals surface area contributed by atoms with E-state index in [4.69, 9.17) is 0 Å². The number of sulfone groups is 1. The maximum Gasteiger partial charge on any atom is 0.152 e. The van der Waals surface area contributed by atoms with Crippen LogP contribution in [-0.4, -0.2) is 26.0 Å². The maximum absolute atomic E-state index is 11.5. The van der Waals surface area contributed by atoms with Gasteiger partial charge in [0.05, 0.1) is 11.5 Å². The summed E-state index contributed by atoms with van der Waals surface area (Å²) in [4.78, 5) is 0. The first kappa shape index (κ1) is 13.4. The van der Waals surface area contributed by atoms with Crippen molar-refractivity contribution < 1.29 is 8.42 Å². The molecule has 2 rings (SSSR count). The van der Waals surface area contributed by atoms with E-state index < -0.39 is 9.84 Å². The third-order valence-electron chi connectivity index (χ3n) is 3.51. The number of benzene rings is 1. The van der Waals surface area contributed by atoms with E-state index in [0.29, 0.717) is 18.1 Å². The van der Waals surface area contributed by atoms with Gasteiger partial charge in [-0.1, -0.05) is 32.0 Å². The normalized spacial score (nSPS) is 22.3. The minimum Gasteiger partial charge on any atom is -0.381 e. The highest BCUT2D eigenvalue weighted by atomic mass is 32.2. The second-order valence-corrected chi connectivity index (χ2v) is 7.67. The summed E-state index contributed by atoms with van der Waals surface area (Å²) in [5.41, 5.74) is 3.57. The molecular weight excluding hydrogens is 246 g/mol. The molecule has 1 atom stereocenters. The van der Waals surface area contributed by atoms with Crippen molar-refractivity contribution in [2.24, 2.45) is 0 Å². The van der Waals surface area contributed by atoms with Gasteiger partial charge < -0.3 is 5.32 Å². The summed E-state index contributed by atoms with van der Waals surface area (Å²) in [5, 5.41) is 3.44. The molecule has 1 saturated heterocycles. The Kier molecular flexibility index (Phi) is 3.66. The van der Waals surface area contributed by atoms with Gasteiger partial charge in [0.15, 0.2) is 9.84 Å². The zero-order chi connectivity index (χ0) is 13.3. The zero-order valence-electron chi connectivity index (χ0n) is 11.2. The summed E-state index contributed by atoms with van der Waals surface area (Å²) in [6, 6.07) is 6.30. The van der Waals surface area contributed by atoms with E-state index >= 15 is 0 Å². The Morgan fingerprint density at radius 1 is 1.33 bits per heavy atom. The van der Waals surface area contributed by atoms with Gasteiger partial charge in [-0.25, -0.2) is 8.42 Å². The molecule has 18 heavy (non-hydrogen) atoms. The summed E-state index contributed by atoms with van der Waals surface area (Å²) >= 11 is 0. The molecule has 1 aliphatic rings. The second kappa shape index (κ2) is 4.92. The van der Waals surface area contributed by atoms with Crippen LogP contribution in [0.15, 0.2) is 18.2 Å². The fourth-order valence-electron chi connectivity index (χ4n) is 2.48. The van der Waals surface area contributed by atoms with Gasteiger partial charge in [-0.15, -0.1) is 0 Å². The SMILES string of the molecule is Cc1cccc(C(C)C)c1NC1CCS(=O)(=O)C1. The Labute approximate surface area is 110 Å². The van der Waals surface area contributed by atoms with Crippen LogP contribution in [0.3, 0.4) is 0 Å². The number of hydrogen-bond donors (Lipinski definition) is 1. The predicted molar refractivity (Wildman–Crippen MR) is 75.9 cm³/mol. The Hall–Kier alpha value is -1.03. The molecule has 4 heteroatoms. The summed E-state index contributed by atoms with van der Waals surface area (Å²) < 4.78 is 23.0. The van der Waals surface area contributed by atoms with Gasteiger partial charge in [0.2, 0.25) is 0 Å². The van der Waals surface area contributed by atoms with Crippen molar-refractivity contribution in [1.29, 1.82) is 0 Å². The Balaban J connectivity index is 2.24. The minimum absolute atomic E-state index is 0.0635. The minimum atomic E-state index is -2.82. The lowest BCUT2D eigenvalue weighted by atomic mass is 9.97. The fourth-order valence-corrected chi connectivity index (χ4v) is 4.16. The van der Waals surface area contributed by atoms with Gasteiger partial charge in [-0.3, -0.25) is 0 Å². The zero-order valence-corrected chi connectivity index (χ0v) is 12.0. The summed E-state index contributed by atoms with van der Waals surface area (Å²) in [5.74, 6) is 1.01. The first-order chi connectivity index (χ1) is 8.39. The largest absolute Gasteiger partial charge is 0.381 e. The molecule has 1 aromatic carbocycles. The number of anilines is 1. The molecule has 1 heterocycles. The van der Waals surface area contributed by atoms with Crippen molar-refractivity contribution in [3.8, 4) is 0 Å². The standard InChI is InChI=1S/C14H21NO2S/c1-10(2)13-6-4-5-11(3)14(13)15-12-7-8-18(16,17)9-12/h4-6,10,12,15H,7-9H2,1-3H3. The van der Waals surface area contributed by atoms with Crippen LogP contribution < -0.4 is 5.32 Å². The highest BCUT2D eigenvalue weighted by Crippen LogP contribution is 2.29. The van der Waals surface area contributed by atoms with Gasteiger partial charge in [0.1, 0.15) is 0 Å². The van der Waals surface area contributed by atoms with Crippen LogP contribution >= 0.6 is 0 Å². The molecule has 0 amide bonds. The average Bonchev–Trinajstić information content (AvgIpc) is 2.61. The van der Waals surface area contributed by atoms with Crippen LogP contribution in [0.1, 0.15) is 37.3 Å². The smallest absolute Gasteiger partial charge is 0.152 e. The Morgan fingerprint density at radius 2 is 2.06 bits per heavy atom. The van der Waals surface area contributed by atoms with Crippen molar-refractivity contribution in [1.82, 2.24) is 0 Å². The van der Waals surface area contributed by atoms with Crippen molar-refractivity contribution in [2.75, 3.05) is 16.8 Å². The molecule has 1 N–H and O–H groups in total. The van der Waals surface area contributed by atoms with E-state index in [2.05, 4.69) is 44.3 Å². The van der Waals surface area contributed by atoms with Gasteiger partial charge in [-0.05, 0) is 30.4 Å². The Bertz CT molecular complexity index is 535. The third kappa shape index (κ3) is 2.86. The first-order valence-corrected chi connectivity index (χ1v) is 8.27. The van der Waals surface area contributed by atoms with Gasteiger partial charge >= 0.3 is 0 Å². The van der Waals surface area contributed by atoms with Gasteiger partial charge in [-0.2, -0.15) is 0 Å². The summed E-state index contributed by atoms with van der Waals surface area (Å²) in [6.07, 6.45) is 0.716. The third-order valence-corrected chi connectivity index (χ3v) is 5.28. The second-order valence-electron chi connectivity index (χ2n) is 5.44. The molecule has 100 valence electrons. The molecule has 0 saturated carbocycles. The molecule has 0 bridgehead atoms. The molecule has 1 aromatic rings. The number of aryl methyl sites for hydroxylation is 1. The van der Waals surface area contributed by atoms with E-state index in [9.17, 15) is 8.42 Å². The molecule has 3 nitrogen and oxygen atoms in total. The number of hydrogen-bond acceptors (Lipinski definition) is 3. The van der Waals surface area contributed by atoms with Crippen LogP contribution in [0.2, 0.25) is 0 Å². The van der Waals surface area contributed by atoms with Crippen LogP contribution in [0, 0.1) is 6.92 Å². The topological polar surface area (TPSA) is 46.2 Å². The van der Waals surface area contributed by atoms with Crippen LogP contribution in [0.25, 0.3) is 0 Å².